The third kappa shape index (κ3) is 4.07. The molecule has 0 bridgehead atoms. The van der Waals surface area contributed by atoms with Crippen LogP contribution >= 0.6 is 11.3 Å². The molecule has 0 amide bonds. The summed E-state index contributed by atoms with van der Waals surface area (Å²) in [6, 6.07) is 0.509. The molecule has 1 saturated carbocycles. The van der Waals surface area contributed by atoms with Crippen LogP contribution in [0.1, 0.15) is 89.8 Å². The average molecular weight is 309 g/mol. The molecule has 0 radical (unpaired) electrons. The van der Waals surface area contributed by atoms with Crippen LogP contribution in [0, 0.1) is 5.92 Å². The molecule has 0 saturated heterocycles. The van der Waals surface area contributed by atoms with E-state index in [4.69, 9.17) is 4.98 Å². The van der Waals surface area contributed by atoms with Gasteiger partial charge in [-0.3, -0.25) is 0 Å². The third-order valence-electron chi connectivity index (χ3n) is 4.86. The van der Waals surface area contributed by atoms with Crippen LogP contribution in [0.3, 0.4) is 0 Å². The topological polar surface area (TPSA) is 24.9 Å². The van der Waals surface area contributed by atoms with Gasteiger partial charge in [0.05, 0.1) is 11.2 Å². The smallest absolute Gasteiger partial charge is 0.113 e. The molecule has 1 N–H and O–H groups in total. The maximum Gasteiger partial charge on any atom is 0.113 e. The summed E-state index contributed by atoms with van der Waals surface area (Å²) in [6.07, 6.45) is 7.87. The van der Waals surface area contributed by atoms with Gasteiger partial charge in [0.1, 0.15) is 5.01 Å². The van der Waals surface area contributed by atoms with Crippen LogP contribution in [-0.2, 0) is 5.54 Å². The van der Waals surface area contributed by atoms with E-state index in [2.05, 4.69) is 45.3 Å². The first-order valence-electron chi connectivity index (χ1n) is 8.70. The van der Waals surface area contributed by atoms with Crippen molar-refractivity contribution in [2.75, 3.05) is 0 Å². The summed E-state index contributed by atoms with van der Waals surface area (Å²) in [5, 5.41) is 7.50. The van der Waals surface area contributed by atoms with Crippen molar-refractivity contribution in [1.82, 2.24) is 10.3 Å². The van der Waals surface area contributed by atoms with Gasteiger partial charge in [0, 0.05) is 11.4 Å². The highest BCUT2D eigenvalue weighted by Crippen LogP contribution is 2.40. The van der Waals surface area contributed by atoms with Gasteiger partial charge in [0.15, 0.2) is 0 Å². The Hall–Kier alpha value is -0.410. The third-order valence-corrected chi connectivity index (χ3v) is 5.93. The van der Waals surface area contributed by atoms with Gasteiger partial charge >= 0.3 is 0 Å². The fourth-order valence-electron chi connectivity index (χ4n) is 3.56. The van der Waals surface area contributed by atoms with Crippen LogP contribution in [0.2, 0.25) is 0 Å². The van der Waals surface area contributed by atoms with Crippen LogP contribution in [-0.4, -0.2) is 11.0 Å². The highest BCUT2D eigenvalue weighted by molar-refractivity contribution is 7.09. The Morgan fingerprint density at radius 2 is 2.05 bits per heavy atom. The van der Waals surface area contributed by atoms with Crippen LogP contribution < -0.4 is 5.32 Å². The summed E-state index contributed by atoms with van der Waals surface area (Å²) in [5.74, 6) is 1.44. The van der Waals surface area contributed by atoms with Crippen molar-refractivity contribution in [1.29, 1.82) is 0 Å². The van der Waals surface area contributed by atoms with Gasteiger partial charge in [0.25, 0.3) is 0 Å². The number of rotatable bonds is 5. The fraction of sp³-hybridized carbons (Fsp3) is 0.833. The highest BCUT2D eigenvalue weighted by atomic mass is 32.1. The summed E-state index contributed by atoms with van der Waals surface area (Å²) in [6.45, 7) is 11.3. The Morgan fingerprint density at radius 1 is 1.29 bits per heavy atom. The summed E-state index contributed by atoms with van der Waals surface area (Å²) in [7, 11) is 0. The number of hydrogen-bond acceptors (Lipinski definition) is 3. The normalized spacial score (nSPS) is 27.3. The summed E-state index contributed by atoms with van der Waals surface area (Å²) >= 11 is 1.87. The van der Waals surface area contributed by atoms with Gasteiger partial charge in [0.2, 0.25) is 0 Å². The molecule has 0 aliphatic heterocycles. The van der Waals surface area contributed by atoms with Crippen molar-refractivity contribution >= 4 is 11.3 Å². The highest BCUT2D eigenvalue weighted by Gasteiger charge is 2.37. The van der Waals surface area contributed by atoms with Crippen molar-refractivity contribution in [3.8, 4) is 0 Å². The lowest BCUT2D eigenvalue weighted by molar-refractivity contribution is 0.261. The molecule has 3 heteroatoms. The maximum atomic E-state index is 5.01. The van der Waals surface area contributed by atoms with E-state index in [0.29, 0.717) is 12.0 Å². The zero-order valence-corrected chi connectivity index (χ0v) is 15.2. The zero-order chi connectivity index (χ0) is 15.5. The van der Waals surface area contributed by atoms with Crippen molar-refractivity contribution < 1.29 is 0 Å². The van der Waals surface area contributed by atoms with Gasteiger partial charge in [-0.25, -0.2) is 4.98 Å². The molecule has 1 aromatic heterocycles. The van der Waals surface area contributed by atoms with E-state index in [1.165, 1.54) is 49.2 Å². The second-order valence-electron chi connectivity index (χ2n) is 7.32. The van der Waals surface area contributed by atoms with Crippen molar-refractivity contribution in [2.24, 2.45) is 5.92 Å². The molecule has 1 aliphatic carbocycles. The molecule has 2 unspecified atom stereocenters. The molecule has 1 aromatic rings. The van der Waals surface area contributed by atoms with Crippen LogP contribution in [0.15, 0.2) is 5.38 Å². The first-order valence-corrected chi connectivity index (χ1v) is 9.58. The molecular weight excluding hydrogens is 276 g/mol. The molecule has 1 fully saturated rings. The summed E-state index contributed by atoms with van der Waals surface area (Å²) < 4.78 is 0. The van der Waals surface area contributed by atoms with E-state index in [1.54, 1.807) is 0 Å². The Labute approximate surface area is 134 Å². The Kier molecular flexibility index (Phi) is 5.84. The predicted octanol–water partition coefficient (Wildman–Crippen LogP) is 5.45. The van der Waals surface area contributed by atoms with Gasteiger partial charge < -0.3 is 5.32 Å². The fourth-order valence-corrected chi connectivity index (χ4v) is 4.77. The molecule has 0 aromatic carbocycles. The van der Waals surface area contributed by atoms with Gasteiger partial charge in [-0.05, 0) is 44.9 Å². The number of nitrogens with zero attached hydrogens (tertiary/aromatic N) is 1. The SMILES string of the molecule is CCC1CCCC(NC(C)C)(c2nc(C(C)C)cs2)CC1. The summed E-state index contributed by atoms with van der Waals surface area (Å²) in [4.78, 5) is 5.01. The van der Waals surface area contributed by atoms with Crippen LogP contribution in [0.25, 0.3) is 0 Å². The monoisotopic (exact) mass is 308 g/mol. The van der Waals surface area contributed by atoms with E-state index in [1.807, 2.05) is 11.3 Å². The molecule has 2 nitrogen and oxygen atoms in total. The van der Waals surface area contributed by atoms with Crippen LogP contribution in [0.5, 0.6) is 0 Å². The standard InChI is InChI=1S/C18H32N2S/c1-6-15-8-7-10-18(11-9-15,20-14(4)5)17-19-16(12-21-17)13(2)3/h12-15,20H,6-11H2,1-5H3. The molecular formula is C18H32N2S. The molecule has 0 spiro atoms. The van der Waals surface area contributed by atoms with E-state index >= 15 is 0 Å². The quantitative estimate of drug-likeness (QED) is 0.732. The molecule has 2 atom stereocenters. The number of nitrogens with one attached hydrogen (secondary N) is 1. The average Bonchev–Trinajstić information content (AvgIpc) is 2.83. The van der Waals surface area contributed by atoms with E-state index < -0.39 is 0 Å². The second-order valence-corrected chi connectivity index (χ2v) is 8.18. The molecule has 2 rings (SSSR count). The first-order chi connectivity index (χ1) is 9.97. The predicted molar refractivity (Wildman–Crippen MR) is 93.0 cm³/mol. The van der Waals surface area contributed by atoms with E-state index in [-0.39, 0.29) is 5.54 Å². The van der Waals surface area contributed by atoms with Gasteiger partial charge in [-0.15, -0.1) is 11.3 Å². The Morgan fingerprint density at radius 3 is 2.62 bits per heavy atom. The minimum Gasteiger partial charge on any atom is -0.303 e. The number of thiazole rings is 1. The minimum atomic E-state index is 0.121. The lowest BCUT2D eigenvalue weighted by Gasteiger charge is -2.34. The van der Waals surface area contributed by atoms with Crippen molar-refractivity contribution in [2.45, 2.75) is 90.6 Å². The Bertz CT molecular complexity index is 438. The van der Waals surface area contributed by atoms with E-state index in [0.717, 1.165) is 5.92 Å². The molecule has 1 heterocycles. The van der Waals surface area contributed by atoms with Gasteiger partial charge in [-0.2, -0.15) is 0 Å². The first kappa shape index (κ1) is 17.0. The van der Waals surface area contributed by atoms with Crippen LogP contribution in [0.4, 0.5) is 0 Å². The molecule has 21 heavy (non-hydrogen) atoms. The Balaban J connectivity index is 2.27. The lowest BCUT2D eigenvalue weighted by Crippen LogP contribution is -2.45. The van der Waals surface area contributed by atoms with Gasteiger partial charge in [-0.1, -0.05) is 40.0 Å². The number of hydrogen-bond donors (Lipinski definition) is 1. The summed E-state index contributed by atoms with van der Waals surface area (Å²) in [5.41, 5.74) is 1.38. The lowest BCUT2D eigenvalue weighted by atomic mass is 9.89. The molecule has 1 aliphatic rings. The maximum absolute atomic E-state index is 5.01. The number of aromatic nitrogens is 1. The minimum absolute atomic E-state index is 0.121. The largest absolute Gasteiger partial charge is 0.303 e. The van der Waals surface area contributed by atoms with E-state index in [9.17, 15) is 0 Å². The zero-order valence-electron chi connectivity index (χ0n) is 14.4. The van der Waals surface area contributed by atoms with Crippen molar-refractivity contribution in [3.63, 3.8) is 0 Å². The second kappa shape index (κ2) is 7.23. The molecule has 120 valence electrons. The van der Waals surface area contributed by atoms with Crippen molar-refractivity contribution in [3.05, 3.63) is 16.1 Å².